The van der Waals surface area contributed by atoms with Gasteiger partial charge in [0.2, 0.25) is 0 Å². The van der Waals surface area contributed by atoms with Crippen molar-refractivity contribution in [3.05, 3.63) is 42.5 Å². The Kier molecular flexibility index (Phi) is 11.3. The molecule has 2 aromatic carbocycles. The number of benzene rings is 2. The first-order chi connectivity index (χ1) is 11.2. The normalized spacial score (nSPS) is 11.1. The lowest BCUT2D eigenvalue weighted by Crippen LogP contribution is -2.18. The van der Waals surface area contributed by atoms with Gasteiger partial charge in [-0.1, -0.05) is 59.0 Å². The molecule has 0 aromatic heterocycles. The number of hydrogen-bond acceptors (Lipinski definition) is 4. The molecule has 0 fully saturated rings. The van der Waals surface area contributed by atoms with Gasteiger partial charge in [0.25, 0.3) is 0 Å². The third-order valence-electron chi connectivity index (χ3n) is 3.70. The highest BCUT2D eigenvalue weighted by Crippen LogP contribution is 2.20. The molecule has 2 rings (SSSR count). The van der Waals surface area contributed by atoms with Crippen LogP contribution in [0.4, 0.5) is 0 Å². The molecule has 140 valence electrons. The molecule has 0 saturated heterocycles. The molecule has 4 nitrogen and oxygen atoms in total. The van der Waals surface area contributed by atoms with Crippen LogP contribution in [0.2, 0.25) is 0 Å². The summed E-state index contributed by atoms with van der Waals surface area (Å²) in [6, 6.07) is 14.2. The number of rotatable bonds is 9. The number of esters is 1. The second-order valence-electron chi connectivity index (χ2n) is 5.45. The first-order valence-electron chi connectivity index (χ1n) is 8.06. The van der Waals surface area contributed by atoms with E-state index in [4.69, 9.17) is 14.2 Å². The molecule has 0 bridgehead atoms. The quantitative estimate of drug-likeness (QED) is 0.467. The lowest BCUT2D eigenvalue weighted by Gasteiger charge is -2.10. The van der Waals surface area contributed by atoms with Gasteiger partial charge in [0.05, 0.1) is 19.1 Å². The fourth-order valence-corrected chi connectivity index (χ4v) is 2.09. The number of carbonyl (C=O) groups is 1. The van der Waals surface area contributed by atoms with E-state index >= 15 is 0 Å². The summed E-state index contributed by atoms with van der Waals surface area (Å²) in [6.07, 6.45) is 0.791. The summed E-state index contributed by atoms with van der Waals surface area (Å²) in [7, 11) is 0. The molecule has 4 heteroatoms. The van der Waals surface area contributed by atoms with Crippen LogP contribution in [-0.2, 0) is 14.3 Å². The van der Waals surface area contributed by atoms with Crippen LogP contribution >= 0.6 is 0 Å². The van der Waals surface area contributed by atoms with Crippen LogP contribution in [-0.4, -0.2) is 32.4 Å². The van der Waals surface area contributed by atoms with E-state index in [-0.39, 0.29) is 26.7 Å². The van der Waals surface area contributed by atoms with Gasteiger partial charge in [-0.2, -0.15) is 0 Å². The monoisotopic (exact) mass is 348 g/mol. The van der Waals surface area contributed by atoms with Crippen molar-refractivity contribution in [1.82, 2.24) is 0 Å². The van der Waals surface area contributed by atoms with Gasteiger partial charge < -0.3 is 14.2 Å². The first kappa shape index (κ1) is 22.9. The Labute approximate surface area is 152 Å². The van der Waals surface area contributed by atoms with Crippen molar-refractivity contribution in [3.8, 4) is 5.75 Å². The Balaban J connectivity index is 0.00000288. The second-order valence-corrected chi connectivity index (χ2v) is 5.45. The molecule has 0 saturated carbocycles. The predicted molar refractivity (Wildman–Crippen MR) is 104 cm³/mol. The Bertz CT molecular complexity index is 624. The van der Waals surface area contributed by atoms with Gasteiger partial charge in [-0.05, 0) is 29.3 Å². The van der Waals surface area contributed by atoms with E-state index in [9.17, 15) is 4.79 Å². The molecule has 0 aliphatic heterocycles. The molecule has 1 atom stereocenters. The lowest BCUT2D eigenvalue weighted by atomic mass is 10.1. The summed E-state index contributed by atoms with van der Waals surface area (Å²) >= 11 is 0. The average molecular weight is 348 g/mol. The van der Waals surface area contributed by atoms with Crippen LogP contribution in [0.25, 0.3) is 10.8 Å². The lowest BCUT2D eigenvalue weighted by molar-refractivity contribution is -0.149. The van der Waals surface area contributed by atoms with Crippen molar-refractivity contribution in [2.75, 3.05) is 26.4 Å². The first-order valence-corrected chi connectivity index (χ1v) is 8.06. The van der Waals surface area contributed by atoms with Gasteiger partial charge in [-0.15, -0.1) is 0 Å². The maximum Gasteiger partial charge on any atom is 0.308 e. The van der Waals surface area contributed by atoms with Gasteiger partial charge >= 0.3 is 5.97 Å². The summed E-state index contributed by atoms with van der Waals surface area (Å²) in [4.78, 5) is 11.5. The highest BCUT2D eigenvalue weighted by atomic mass is 16.6. The minimum Gasteiger partial charge on any atom is -0.491 e. The van der Waals surface area contributed by atoms with Crippen LogP contribution in [0.5, 0.6) is 5.75 Å². The van der Waals surface area contributed by atoms with Crippen molar-refractivity contribution in [3.63, 3.8) is 0 Å². The molecule has 0 N–H and O–H groups in total. The summed E-state index contributed by atoms with van der Waals surface area (Å²) < 4.78 is 16.2. The van der Waals surface area contributed by atoms with Gasteiger partial charge in [-0.3, -0.25) is 4.79 Å². The van der Waals surface area contributed by atoms with Crippen molar-refractivity contribution in [2.24, 2.45) is 5.92 Å². The van der Waals surface area contributed by atoms with Crippen LogP contribution in [0.15, 0.2) is 42.5 Å². The molecule has 0 spiro atoms. The van der Waals surface area contributed by atoms with Crippen LogP contribution in [0, 0.1) is 5.92 Å². The van der Waals surface area contributed by atoms with Crippen molar-refractivity contribution < 1.29 is 19.0 Å². The van der Waals surface area contributed by atoms with E-state index in [1.54, 1.807) is 0 Å². The number of ether oxygens (including phenoxy) is 3. The standard InChI is InChI=1S/C19H24O4.2CH4/c1-3-15(2)19(20)23-13-11-21-10-12-22-18-9-8-16-6-4-5-7-17(16)14-18;;/h4-9,14-15H,3,10-13H2,1-2H3;2*1H4. The van der Waals surface area contributed by atoms with Gasteiger partial charge in [0.15, 0.2) is 0 Å². The summed E-state index contributed by atoms with van der Waals surface area (Å²) in [5, 5.41) is 2.35. The molecule has 2 aromatic rings. The molecule has 0 radical (unpaired) electrons. The Morgan fingerprint density at radius 3 is 2.36 bits per heavy atom. The minimum atomic E-state index is -0.163. The highest BCUT2D eigenvalue weighted by molar-refractivity contribution is 5.83. The predicted octanol–water partition coefficient (Wildman–Crippen LogP) is 5.10. The topological polar surface area (TPSA) is 44.8 Å². The van der Waals surface area contributed by atoms with Crippen LogP contribution in [0.1, 0.15) is 35.1 Å². The second kappa shape index (κ2) is 12.3. The van der Waals surface area contributed by atoms with E-state index in [0.29, 0.717) is 26.4 Å². The Morgan fingerprint density at radius 2 is 1.64 bits per heavy atom. The largest absolute Gasteiger partial charge is 0.491 e. The number of fused-ring (bicyclic) bond motifs is 1. The van der Waals surface area contributed by atoms with Gasteiger partial charge in [-0.25, -0.2) is 0 Å². The molecular formula is C21H32O4. The third-order valence-corrected chi connectivity index (χ3v) is 3.70. The molecule has 0 aliphatic rings. The fourth-order valence-electron chi connectivity index (χ4n) is 2.09. The maximum atomic E-state index is 11.5. The minimum absolute atomic E-state index is 0. The molecular weight excluding hydrogens is 316 g/mol. The van der Waals surface area contributed by atoms with Crippen molar-refractivity contribution >= 4 is 16.7 Å². The highest BCUT2D eigenvalue weighted by Gasteiger charge is 2.11. The summed E-state index contributed by atoms with van der Waals surface area (Å²) in [6.45, 7) is 5.45. The van der Waals surface area contributed by atoms with Crippen LogP contribution < -0.4 is 4.74 Å². The molecule has 0 heterocycles. The fraction of sp³-hybridized carbons (Fsp3) is 0.476. The maximum absolute atomic E-state index is 11.5. The molecule has 0 aliphatic carbocycles. The molecule has 25 heavy (non-hydrogen) atoms. The summed E-state index contributed by atoms with van der Waals surface area (Å²) in [5.41, 5.74) is 0. The number of carbonyl (C=O) groups excluding carboxylic acids is 1. The zero-order valence-electron chi connectivity index (χ0n) is 13.8. The van der Waals surface area contributed by atoms with E-state index in [2.05, 4.69) is 12.1 Å². The summed E-state index contributed by atoms with van der Waals surface area (Å²) in [5.74, 6) is 0.616. The Hall–Kier alpha value is -2.07. The van der Waals surface area contributed by atoms with E-state index < -0.39 is 0 Å². The van der Waals surface area contributed by atoms with Gasteiger partial charge in [0, 0.05) is 0 Å². The molecule has 1 unspecified atom stereocenters. The van der Waals surface area contributed by atoms with Crippen LogP contribution in [0.3, 0.4) is 0 Å². The molecule has 0 amide bonds. The number of hydrogen-bond donors (Lipinski definition) is 0. The average Bonchev–Trinajstić information content (AvgIpc) is 2.59. The zero-order chi connectivity index (χ0) is 16.5. The third kappa shape index (κ3) is 7.57. The Morgan fingerprint density at radius 1 is 0.960 bits per heavy atom. The SMILES string of the molecule is C.C.CCC(C)C(=O)OCCOCCOc1ccc2ccccc2c1. The van der Waals surface area contributed by atoms with E-state index in [1.165, 1.54) is 5.39 Å². The van der Waals surface area contributed by atoms with Crippen molar-refractivity contribution in [1.29, 1.82) is 0 Å². The van der Waals surface area contributed by atoms with Gasteiger partial charge in [0.1, 0.15) is 19.0 Å². The van der Waals surface area contributed by atoms with E-state index in [0.717, 1.165) is 17.6 Å². The zero-order valence-corrected chi connectivity index (χ0v) is 13.8. The smallest absolute Gasteiger partial charge is 0.308 e. The van der Waals surface area contributed by atoms with E-state index in [1.807, 2.05) is 44.2 Å². The van der Waals surface area contributed by atoms with Crippen molar-refractivity contribution in [2.45, 2.75) is 35.1 Å².